The van der Waals surface area contributed by atoms with Gasteiger partial charge in [0.1, 0.15) is 5.82 Å². The second kappa shape index (κ2) is 6.66. The second-order valence-electron chi connectivity index (χ2n) is 4.28. The van der Waals surface area contributed by atoms with E-state index < -0.39 is 0 Å². The first-order valence-corrected chi connectivity index (χ1v) is 6.53. The molecule has 2 nitrogen and oxygen atoms in total. The Bertz CT molecular complexity index is 465. The largest absolute Gasteiger partial charge is 0.329 e. The zero-order valence-electron chi connectivity index (χ0n) is 10.4. The smallest absolute Gasteiger partial charge is 0.123 e. The third-order valence-electron chi connectivity index (χ3n) is 2.90. The van der Waals surface area contributed by atoms with Crippen LogP contribution in [0.25, 0.3) is 0 Å². The maximum atomic E-state index is 13.0. The van der Waals surface area contributed by atoms with Crippen molar-refractivity contribution in [1.82, 2.24) is 5.32 Å². The Morgan fingerprint density at radius 2 is 1.53 bits per heavy atom. The molecule has 4 heteroatoms. The van der Waals surface area contributed by atoms with E-state index in [4.69, 9.17) is 17.3 Å². The van der Waals surface area contributed by atoms with E-state index in [9.17, 15) is 4.39 Å². The molecule has 2 aromatic rings. The molecule has 0 aliphatic rings. The quantitative estimate of drug-likeness (QED) is 0.882. The lowest BCUT2D eigenvalue weighted by atomic mass is 9.98. The number of benzene rings is 2. The minimum atomic E-state index is -0.238. The summed E-state index contributed by atoms with van der Waals surface area (Å²) in [6, 6.07) is 14.1. The van der Waals surface area contributed by atoms with Crippen molar-refractivity contribution in [3.05, 3.63) is 70.5 Å². The van der Waals surface area contributed by atoms with Crippen LogP contribution < -0.4 is 11.1 Å². The van der Waals surface area contributed by atoms with Crippen LogP contribution in [0.3, 0.4) is 0 Å². The van der Waals surface area contributed by atoms with Crippen LogP contribution in [0.1, 0.15) is 17.2 Å². The number of hydrogen-bond acceptors (Lipinski definition) is 2. The SMILES string of the molecule is NCCN[C@@H](c1ccc(F)cc1)c1ccc(Cl)cc1. The molecule has 0 spiro atoms. The molecule has 100 valence electrons. The van der Waals surface area contributed by atoms with Crippen molar-refractivity contribution >= 4 is 11.6 Å². The van der Waals surface area contributed by atoms with Gasteiger partial charge in [-0.15, -0.1) is 0 Å². The molecule has 2 aromatic carbocycles. The molecule has 19 heavy (non-hydrogen) atoms. The fourth-order valence-electron chi connectivity index (χ4n) is 1.97. The number of nitrogens with two attached hydrogens (primary N) is 1. The van der Waals surface area contributed by atoms with Gasteiger partial charge >= 0.3 is 0 Å². The number of halogens is 2. The molecule has 0 bridgehead atoms. The van der Waals surface area contributed by atoms with Crippen LogP contribution in [0.2, 0.25) is 5.02 Å². The van der Waals surface area contributed by atoms with Crippen LogP contribution >= 0.6 is 11.6 Å². The molecule has 0 unspecified atom stereocenters. The molecule has 0 fully saturated rings. The van der Waals surface area contributed by atoms with Gasteiger partial charge in [-0.3, -0.25) is 0 Å². The molecule has 0 radical (unpaired) electrons. The highest BCUT2D eigenvalue weighted by molar-refractivity contribution is 6.30. The summed E-state index contributed by atoms with van der Waals surface area (Å²) in [5, 5.41) is 4.05. The third kappa shape index (κ3) is 3.77. The zero-order valence-corrected chi connectivity index (χ0v) is 11.2. The van der Waals surface area contributed by atoms with E-state index in [1.807, 2.05) is 24.3 Å². The van der Waals surface area contributed by atoms with E-state index >= 15 is 0 Å². The summed E-state index contributed by atoms with van der Waals surface area (Å²) in [5.74, 6) is -0.238. The molecule has 3 N–H and O–H groups in total. The molecule has 0 amide bonds. The van der Waals surface area contributed by atoms with E-state index in [-0.39, 0.29) is 11.9 Å². The van der Waals surface area contributed by atoms with Gasteiger partial charge in [-0.25, -0.2) is 4.39 Å². The first kappa shape index (κ1) is 14.0. The minimum Gasteiger partial charge on any atom is -0.329 e. The Morgan fingerprint density at radius 1 is 1.00 bits per heavy atom. The van der Waals surface area contributed by atoms with Gasteiger partial charge in [0, 0.05) is 18.1 Å². The monoisotopic (exact) mass is 278 g/mol. The van der Waals surface area contributed by atoms with Gasteiger partial charge in [0.2, 0.25) is 0 Å². The normalized spacial score (nSPS) is 12.4. The Hall–Kier alpha value is -1.42. The summed E-state index contributed by atoms with van der Waals surface area (Å²) in [4.78, 5) is 0. The van der Waals surface area contributed by atoms with Gasteiger partial charge < -0.3 is 11.1 Å². The van der Waals surface area contributed by atoms with E-state index in [0.717, 1.165) is 11.1 Å². The Morgan fingerprint density at radius 3 is 2.05 bits per heavy atom. The van der Waals surface area contributed by atoms with Crippen LogP contribution in [0.5, 0.6) is 0 Å². The predicted molar refractivity (Wildman–Crippen MR) is 76.8 cm³/mol. The van der Waals surface area contributed by atoms with E-state index in [0.29, 0.717) is 18.1 Å². The number of rotatable bonds is 5. The summed E-state index contributed by atoms with van der Waals surface area (Å²) in [5.41, 5.74) is 7.61. The van der Waals surface area contributed by atoms with Crippen molar-refractivity contribution in [2.45, 2.75) is 6.04 Å². The molecule has 0 heterocycles. The molecular formula is C15H16ClFN2. The van der Waals surface area contributed by atoms with E-state index in [1.165, 1.54) is 12.1 Å². The van der Waals surface area contributed by atoms with Crippen molar-refractivity contribution in [1.29, 1.82) is 0 Å². The number of hydrogen-bond donors (Lipinski definition) is 2. The van der Waals surface area contributed by atoms with Crippen LogP contribution in [0.4, 0.5) is 4.39 Å². The topological polar surface area (TPSA) is 38.0 Å². The lowest BCUT2D eigenvalue weighted by Gasteiger charge is -2.19. The van der Waals surface area contributed by atoms with Gasteiger partial charge in [0.15, 0.2) is 0 Å². The van der Waals surface area contributed by atoms with Crippen molar-refractivity contribution in [3.63, 3.8) is 0 Å². The van der Waals surface area contributed by atoms with Crippen LogP contribution in [-0.2, 0) is 0 Å². The van der Waals surface area contributed by atoms with Crippen molar-refractivity contribution < 1.29 is 4.39 Å². The van der Waals surface area contributed by atoms with Crippen LogP contribution in [0.15, 0.2) is 48.5 Å². The van der Waals surface area contributed by atoms with Crippen molar-refractivity contribution in [3.8, 4) is 0 Å². The lowest BCUT2D eigenvalue weighted by molar-refractivity contribution is 0.603. The maximum absolute atomic E-state index is 13.0. The summed E-state index contributed by atoms with van der Waals surface area (Å²) in [6.07, 6.45) is 0. The molecule has 0 aliphatic carbocycles. The van der Waals surface area contributed by atoms with Gasteiger partial charge in [0.25, 0.3) is 0 Å². The van der Waals surface area contributed by atoms with Gasteiger partial charge in [-0.1, -0.05) is 35.9 Å². The standard InChI is InChI=1S/C15H16ClFN2/c16-13-5-1-11(2-6-13)15(19-10-9-18)12-3-7-14(17)8-4-12/h1-8,15,19H,9-10,18H2/t15-/m1/s1. The fourth-order valence-corrected chi connectivity index (χ4v) is 2.09. The average Bonchev–Trinajstić information content (AvgIpc) is 2.43. The molecule has 0 aliphatic heterocycles. The number of nitrogens with one attached hydrogen (secondary N) is 1. The Kier molecular flexibility index (Phi) is 4.91. The summed E-state index contributed by atoms with van der Waals surface area (Å²) in [6.45, 7) is 1.23. The Balaban J connectivity index is 2.29. The maximum Gasteiger partial charge on any atom is 0.123 e. The molecule has 0 aromatic heterocycles. The first-order chi connectivity index (χ1) is 9.20. The van der Waals surface area contributed by atoms with E-state index in [1.54, 1.807) is 12.1 Å². The average molecular weight is 279 g/mol. The van der Waals surface area contributed by atoms with Crippen LogP contribution in [-0.4, -0.2) is 13.1 Å². The third-order valence-corrected chi connectivity index (χ3v) is 3.15. The highest BCUT2D eigenvalue weighted by atomic mass is 35.5. The lowest BCUT2D eigenvalue weighted by Crippen LogP contribution is -2.28. The summed E-state index contributed by atoms with van der Waals surface area (Å²) >= 11 is 5.90. The van der Waals surface area contributed by atoms with E-state index in [2.05, 4.69) is 5.32 Å². The highest BCUT2D eigenvalue weighted by Crippen LogP contribution is 2.23. The van der Waals surface area contributed by atoms with Gasteiger partial charge in [-0.05, 0) is 35.4 Å². The van der Waals surface area contributed by atoms with Crippen molar-refractivity contribution in [2.75, 3.05) is 13.1 Å². The fraction of sp³-hybridized carbons (Fsp3) is 0.200. The molecule has 1 atom stereocenters. The van der Waals surface area contributed by atoms with Gasteiger partial charge in [-0.2, -0.15) is 0 Å². The highest BCUT2D eigenvalue weighted by Gasteiger charge is 2.13. The van der Waals surface area contributed by atoms with Crippen molar-refractivity contribution in [2.24, 2.45) is 5.73 Å². The predicted octanol–water partition coefficient (Wildman–Crippen LogP) is 3.12. The van der Waals surface area contributed by atoms with Gasteiger partial charge in [0.05, 0.1) is 6.04 Å². The summed E-state index contributed by atoms with van der Waals surface area (Å²) < 4.78 is 13.0. The first-order valence-electron chi connectivity index (χ1n) is 6.15. The molecule has 0 saturated carbocycles. The van der Waals surface area contributed by atoms with Crippen LogP contribution in [0, 0.1) is 5.82 Å². The molecule has 2 rings (SSSR count). The Labute approximate surface area is 117 Å². The molecular weight excluding hydrogens is 263 g/mol. The summed E-state index contributed by atoms with van der Waals surface area (Å²) in [7, 11) is 0. The zero-order chi connectivity index (χ0) is 13.7. The second-order valence-corrected chi connectivity index (χ2v) is 4.72. The minimum absolute atomic E-state index is 0.0126. The molecule has 0 saturated heterocycles.